The van der Waals surface area contributed by atoms with Crippen molar-refractivity contribution in [2.45, 2.75) is 57.3 Å². The molecule has 7 heteroatoms. The van der Waals surface area contributed by atoms with Gasteiger partial charge in [0.15, 0.2) is 5.69 Å². The van der Waals surface area contributed by atoms with Gasteiger partial charge in [0.2, 0.25) is 0 Å². The third-order valence-corrected chi connectivity index (χ3v) is 4.59. The molecule has 1 amide bonds. The van der Waals surface area contributed by atoms with E-state index in [1.807, 2.05) is 0 Å². The number of aromatic amines is 1. The van der Waals surface area contributed by atoms with Crippen molar-refractivity contribution in [1.82, 2.24) is 15.5 Å². The number of nitrogens with zero attached hydrogens (tertiary/aromatic N) is 1. The molecule has 0 radical (unpaired) electrons. The van der Waals surface area contributed by atoms with Gasteiger partial charge in [0.05, 0.1) is 10.2 Å². The van der Waals surface area contributed by atoms with E-state index >= 15 is 0 Å². The summed E-state index contributed by atoms with van der Waals surface area (Å²) in [7, 11) is 0. The number of amides is 1. The molecule has 122 valence electrons. The quantitative estimate of drug-likeness (QED) is 0.550. The lowest BCUT2D eigenvalue weighted by atomic mass is 10.1. The predicted molar refractivity (Wildman–Crippen MR) is 85.9 cm³/mol. The Balaban J connectivity index is 1.59. The highest BCUT2D eigenvalue weighted by molar-refractivity contribution is 9.10. The van der Waals surface area contributed by atoms with Gasteiger partial charge in [0.1, 0.15) is 0 Å². The van der Waals surface area contributed by atoms with Gasteiger partial charge in [-0.05, 0) is 41.6 Å². The number of hydrogen-bond donors (Lipinski definition) is 3. The minimum absolute atomic E-state index is 0.152. The topological polar surface area (TPSA) is 95.1 Å². The van der Waals surface area contributed by atoms with Crippen molar-refractivity contribution in [3.8, 4) is 0 Å². The Bertz CT molecular complexity index is 526. The van der Waals surface area contributed by atoms with Crippen molar-refractivity contribution in [2.75, 3.05) is 6.54 Å². The molecule has 1 aliphatic carbocycles. The Morgan fingerprint density at radius 2 is 1.91 bits per heavy atom. The van der Waals surface area contributed by atoms with Crippen molar-refractivity contribution in [3.63, 3.8) is 0 Å². The minimum Gasteiger partial charge on any atom is -0.481 e. The number of nitrogens with one attached hydrogen (secondary N) is 2. The Morgan fingerprint density at radius 3 is 2.59 bits per heavy atom. The van der Waals surface area contributed by atoms with E-state index in [-0.39, 0.29) is 12.3 Å². The molecule has 1 fully saturated rings. The molecule has 1 heterocycles. The number of H-pyrrole nitrogens is 1. The summed E-state index contributed by atoms with van der Waals surface area (Å²) in [5.74, 6) is -0.363. The Hall–Kier alpha value is -1.37. The smallest absolute Gasteiger partial charge is 0.303 e. The standard InChI is InChI=1S/C15H22BrN3O3/c16-12-13(10-7-8-10)18-19-14(12)15(22)17-9-5-3-1-2-4-6-11(20)21/h10H,1-9H2,(H,17,22)(H,18,19)(H,20,21). The fraction of sp³-hybridized carbons (Fsp3) is 0.667. The molecule has 1 aromatic heterocycles. The maximum absolute atomic E-state index is 12.0. The number of unbranched alkanes of at least 4 members (excludes halogenated alkanes) is 4. The molecule has 1 saturated carbocycles. The van der Waals surface area contributed by atoms with Crippen LogP contribution in [-0.2, 0) is 4.79 Å². The van der Waals surface area contributed by atoms with Gasteiger partial charge in [-0.3, -0.25) is 14.7 Å². The molecule has 0 aliphatic heterocycles. The van der Waals surface area contributed by atoms with Gasteiger partial charge in [-0.1, -0.05) is 19.3 Å². The summed E-state index contributed by atoms with van der Waals surface area (Å²) < 4.78 is 0.793. The van der Waals surface area contributed by atoms with E-state index < -0.39 is 5.97 Å². The number of carbonyl (C=O) groups excluding carboxylic acids is 1. The van der Waals surface area contributed by atoms with E-state index in [2.05, 4.69) is 31.4 Å². The van der Waals surface area contributed by atoms with E-state index in [9.17, 15) is 9.59 Å². The molecule has 6 nitrogen and oxygen atoms in total. The highest BCUT2D eigenvalue weighted by Crippen LogP contribution is 2.42. The van der Waals surface area contributed by atoms with E-state index in [1.165, 1.54) is 0 Å². The average Bonchev–Trinajstić information content (AvgIpc) is 3.24. The van der Waals surface area contributed by atoms with Crippen LogP contribution in [0.15, 0.2) is 4.47 Å². The number of carbonyl (C=O) groups is 2. The van der Waals surface area contributed by atoms with Crippen LogP contribution in [0.25, 0.3) is 0 Å². The van der Waals surface area contributed by atoms with Crippen molar-refractivity contribution in [2.24, 2.45) is 0 Å². The predicted octanol–water partition coefficient (Wildman–Crippen LogP) is 3.20. The van der Waals surface area contributed by atoms with E-state index in [1.54, 1.807) is 0 Å². The second-order valence-corrected chi connectivity index (χ2v) is 6.53. The zero-order valence-corrected chi connectivity index (χ0v) is 14.1. The zero-order valence-electron chi connectivity index (χ0n) is 12.5. The summed E-state index contributed by atoms with van der Waals surface area (Å²) in [6.45, 7) is 0.621. The molecule has 0 bridgehead atoms. The second-order valence-electron chi connectivity index (χ2n) is 5.74. The molecule has 0 unspecified atom stereocenters. The summed E-state index contributed by atoms with van der Waals surface area (Å²) in [5, 5.41) is 18.4. The molecule has 0 spiro atoms. The van der Waals surface area contributed by atoms with Crippen LogP contribution in [0.4, 0.5) is 0 Å². The Labute approximate surface area is 138 Å². The van der Waals surface area contributed by atoms with E-state index in [0.29, 0.717) is 18.2 Å². The van der Waals surface area contributed by atoms with Crippen molar-refractivity contribution < 1.29 is 14.7 Å². The van der Waals surface area contributed by atoms with Crippen LogP contribution in [0.2, 0.25) is 0 Å². The third kappa shape index (κ3) is 5.12. The first-order chi connectivity index (χ1) is 10.6. The normalized spacial score (nSPS) is 14.0. The number of hydrogen-bond acceptors (Lipinski definition) is 3. The van der Waals surface area contributed by atoms with Crippen LogP contribution >= 0.6 is 15.9 Å². The van der Waals surface area contributed by atoms with E-state index in [0.717, 1.165) is 55.1 Å². The maximum Gasteiger partial charge on any atom is 0.303 e. The highest BCUT2D eigenvalue weighted by Gasteiger charge is 2.30. The molecule has 0 atom stereocenters. The molecule has 22 heavy (non-hydrogen) atoms. The third-order valence-electron chi connectivity index (χ3n) is 3.79. The van der Waals surface area contributed by atoms with Crippen LogP contribution < -0.4 is 5.32 Å². The van der Waals surface area contributed by atoms with Gasteiger partial charge in [-0.2, -0.15) is 5.10 Å². The van der Waals surface area contributed by atoms with Crippen molar-refractivity contribution >= 4 is 27.8 Å². The van der Waals surface area contributed by atoms with Crippen LogP contribution in [0, 0.1) is 0 Å². The van der Waals surface area contributed by atoms with Crippen molar-refractivity contribution in [1.29, 1.82) is 0 Å². The van der Waals surface area contributed by atoms with E-state index in [4.69, 9.17) is 5.11 Å². The lowest BCUT2D eigenvalue weighted by Crippen LogP contribution is -2.25. The Morgan fingerprint density at radius 1 is 1.23 bits per heavy atom. The number of carboxylic acids is 1. The molecule has 0 aromatic carbocycles. The summed E-state index contributed by atoms with van der Waals surface area (Å²) in [4.78, 5) is 22.4. The van der Waals surface area contributed by atoms with Crippen LogP contribution in [-0.4, -0.2) is 33.7 Å². The number of aromatic nitrogens is 2. The van der Waals surface area contributed by atoms with Gasteiger partial charge in [0, 0.05) is 18.9 Å². The average molecular weight is 372 g/mol. The van der Waals surface area contributed by atoms with Gasteiger partial charge in [-0.15, -0.1) is 0 Å². The second kappa shape index (κ2) is 8.31. The van der Waals surface area contributed by atoms with Gasteiger partial charge >= 0.3 is 5.97 Å². The number of rotatable bonds is 10. The lowest BCUT2D eigenvalue weighted by molar-refractivity contribution is -0.137. The van der Waals surface area contributed by atoms with Crippen molar-refractivity contribution in [3.05, 3.63) is 15.9 Å². The van der Waals surface area contributed by atoms with Gasteiger partial charge < -0.3 is 10.4 Å². The SMILES string of the molecule is O=C(O)CCCCCCCNC(=O)c1n[nH]c(C2CC2)c1Br. The first-order valence-corrected chi connectivity index (χ1v) is 8.62. The lowest BCUT2D eigenvalue weighted by Gasteiger charge is -2.04. The highest BCUT2D eigenvalue weighted by atomic mass is 79.9. The first-order valence-electron chi connectivity index (χ1n) is 7.83. The fourth-order valence-electron chi connectivity index (χ4n) is 2.35. The van der Waals surface area contributed by atoms with Gasteiger partial charge in [0.25, 0.3) is 5.91 Å². The maximum atomic E-state index is 12.0. The monoisotopic (exact) mass is 371 g/mol. The summed E-state index contributed by atoms with van der Waals surface area (Å²) >= 11 is 3.45. The molecule has 2 rings (SSSR count). The fourth-order valence-corrected chi connectivity index (χ4v) is 3.03. The van der Waals surface area contributed by atoms with Crippen LogP contribution in [0.5, 0.6) is 0 Å². The molecule has 1 aromatic rings. The molecular formula is C15H22BrN3O3. The van der Waals surface area contributed by atoms with Crippen LogP contribution in [0.1, 0.15) is 73.5 Å². The number of aliphatic carboxylic acids is 1. The summed E-state index contributed by atoms with van der Waals surface area (Å²) in [6, 6.07) is 0. The molecule has 1 aliphatic rings. The summed E-state index contributed by atoms with van der Waals surface area (Å²) in [6.07, 6.45) is 7.11. The minimum atomic E-state index is -0.734. The number of halogens is 1. The zero-order chi connectivity index (χ0) is 15.9. The molecule has 0 saturated heterocycles. The Kier molecular flexibility index (Phi) is 6.42. The largest absolute Gasteiger partial charge is 0.481 e. The number of carboxylic acid groups (broad SMARTS) is 1. The molecular weight excluding hydrogens is 350 g/mol. The van der Waals surface area contributed by atoms with Crippen LogP contribution in [0.3, 0.4) is 0 Å². The first kappa shape index (κ1) is 17.0. The van der Waals surface area contributed by atoms with Gasteiger partial charge in [-0.25, -0.2) is 0 Å². The molecule has 3 N–H and O–H groups in total. The summed E-state index contributed by atoms with van der Waals surface area (Å²) in [5.41, 5.74) is 1.46.